The minimum absolute atomic E-state index is 0. The predicted molar refractivity (Wildman–Crippen MR) is 127 cm³/mol. The van der Waals surface area contributed by atoms with Crippen LogP contribution in [-0.2, 0) is 38.4 Å². The van der Waals surface area contributed by atoms with Gasteiger partial charge in [-0.25, -0.2) is 0 Å². The van der Waals surface area contributed by atoms with Gasteiger partial charge in [-0.15, -0.1) is 13.2 Å². The van der Waals surface area contributed by atoms with Crippen LogP contribution in [0.4, 0.5) is 0 Å². The summed E-state index contributed by atoms with van der Waals surface area (Å²) in [5.74, 6) is -9.45. The summed E-state index contributed by atoms with van der Waals surface area (Å²) in [7, 11) is 0. The molecule has 10 N–H and O–H groups in total. The maximum absolute atomic E-state index is 10.4. The summed E-state index contributed by atoms with van der Waals surface area (Å²) in [6.45, 7) is 7.08. The normalized spacial score (nSPS) is 7.23. The van der Waals surface area contributed by atoms with E-state index in [4.69, 9.17) is 39.6 Å². The van der Waals surface area contributed by atoms with E-state index in [1.807, 2.05) is 0 Å². The van der Waals surface area contributed by atoms with Crippen LogP contribution in [0.3, 0.4) is 0 Å². The molecule has 238 valence electrons. The Hall–Kier alpha value is -0.660. The largest absolute Gasteiger partial charge is 1.00 e. The van der Waals surface area contributed by atoms with E-state index in [1.165, 1.54) is 0 Å². The summed E-state index contributed by atoms with van der Waals surface area (Å²) < 4.78 is 0. The Morgan fingerprint density at radius 2 is 0.545 bits per heavy atom. The molecule has 0 aromatic heterocycles. The van der Waals surface area contributed by atoms with Crippen LogP contribution in [0.25, 0.3) is 0 Å². The van der Waals surface area contributed by atoms with E-state index in [1.54, 1.807) is 0 Å². The molecule has 0 aliphatic rings. The first-order valence-electron chi connectivity index (χ1n) is 9.66. The summed E-state index contributed by atoms with van der Waals surface area (Å²) in [4.78, 5) is 79.4. The van der Waals surface area contributed by atoms with Crippen LogP contribution < -0.4 is 151 Å². The molecular weight excluding hydrogens is 644 g/mol. The summed E-state index contributed by atoms with van der Waals surface area (Å²) in [5.41, 5.74) is 0. The smallest absolute Gasteiger partial charge is 0.549 e. The Balaban J connectivity index is -0.0000000357. The summed E-state index contributed by atoms with van der Waals surface area (Å²) >= 11 is 0. The van der Waals surface area contributed by atoms with Gasteiger partial charge in [-0.2, -0.15) is 0 Å². The molecule has 0 atom stereocenters. The van der Waals surface area contributed by atoms with Crippen molar-refractivity contribution in [3.05, 3.63) is 13.2 Å². The van der Waals surface area contributed by atoms with E-state index in [9.17, 15) is 39.6 Å². The van der Waals surface area contributed by atoms with Crippen LogP contribution in [0.5, 0.6) is 0 Å². The molecule has 0 bridgehead atoms. The van der Waals surface area contributed by atoms with Gasteiger partial charge in [0.2, 0.25) is 0 Å². The number of hydrogen-bond donors (Lipinski definition) is 6. The van der Waals surface area contributed by atoms with Gasteiger partial charge in [-0.1, -0.05) is 0 Å². The molecule has 0 radical (unpaired) electrons. The van der Waals surface area contributed by atoms with Gasteiger partial charge in [0.05, 0.1) is 23.9 Å². The van der Waals surface area contributed by atoms with E-state index in [2.05, 4.69) is 13.2 Å². The third-order valence-electron chi connectivity index (χ3n) is 2.14. The van der Waals surface area contributed by atoms with Crippen LogP contribution in [0.2, 0.25) is 0 Å². The molecule has 0 saturated heterocycles. The second-order valence-electron chi connectivity index (χ2n) is 5.99. The van der Waals surface area contributed by atoms with E-state index in [0.29, 0.717) is 0 Å². The number of carboxylic acids is 8. The van der Waals surface area contributed by atoms with E-state index in [0.717, 1.165) is 37.5 Å². The second kappa shape index (κ2) is 57.9. The van der Waals surface area contributed by atoms with Crippen LogP contribution in [0, 0.1) is 0 Å². The average molecular weight is 682 g/mol. The standard InChI is InChI=1S/C10H16N2O8.4C2H4O2.C2H4.2H3N.4Na/c13-7(14)3-11(4-8(15)16)1-2-12(5-9(17)18)6-10(19)20;4*1-2(3)4;1-2;;;;;;/h1-6H2,(H,13,14)(H,15,16)(H,17,18)(H,19,20);4*1H3,(H,3,4);1-2H2;2*1H3;;;;/q;;;;;;;;4*+1/p-4. The van der Waals surface area contributed by atoms with Crippen LogP contribution >= 0.6 is 0 Å². The maximum atomic E-state index is 10.4. The van der Waals surface area contributed by atoms with Crippen molar-refractivity contribution in [1.82, 2.24) is 22.1 Å². The average Bonchev–Trinajstić information content (AvgIpc) is 2.64. The molecule has 0 heterocycles. The number of hydrogen-bond acceptors (Lipinski definition) is 16. The molecule has 0 aromatic carbocycles. The van der Waals surface area contributed by atoms with Gasteiger partial charge in [0.25, 0.3) is 23.9 Å². The molecule has 0 aliphatic carbocycles. The van der Waals surface area contributed by atoms with Crippen molar-refractivity contribution < 1.29 is 197 Å². The van der Waals surface area contributed by atoms with Gasteiger partial charge < -0.3 is 72.3 Å². The van der Waals surface area contributed by atoms with Gasteiger partial charge in [-0.05, 0) is 0 Å². The van der Waals surface area contributed by atoms with Crippen molar-refractivity contribution in [1.29, 1.82) is 0 Å². The SMILES string of the molecule is C=C.CC(=O)O.CC(=O)O.CC(=O)O.CC(=O)O.N.N.O=C([O-])CN(CCN(CC(=O)[O-])CC(=O)[O-])CC(=O)[O-].[Na+].[Na+].[Na+].[Na+]. The quantitative estimate of drug-likeness (QED) is 0.0869. The Kier molecular flexibility index (Phi) is 104. The molecule has 20 nitrogen and oxygen atoms in total. The van der Waals surface area contributed by atoms with Gasteiger partial charge >= 0.3 is 118 Å². The monoisotopic (exact) mass is 682 g/mol. The Morgan fingerprint density at radius 1 is 0.455 bits per heavy atom. The molecule has 24 heteroatoms. The summed E-state index contributed by atoms with van der Waals surface area (Å²) in [6, 6.07) is 0. The minimum atomic E-state index is -1.53. The molecule has 0 aromatic rings. The maximum Gasteiger partial charge on any atom is 1.00 e. The Morgan fingerprint density at radius 3 is 0.614 bits per heavy atom. The first-order chi connectivity index (χ1) is 17.1. The fourth-order valence-corrected chi connectivity index (χ4v) is 1.44. The number of aliphatic carboxylic acids is 8. The topological polar surface area (TPSA) is 386 Å². The number of nitrogens with zero attached hydrogens (tertiary/aromatic N) is 2. The molecule has 0 fully saturated rings. The molecule has 0 aliphatic heterocycles. The number of rotatable bonds is 11. The van der Waals surface area contributed by atoms with E-state index >= 15 is 0 Å². The minimum Gasteiger partial charge on any atom is -0.549 e. The first kappa shape index (κ1) is 79.1. The zero-order valence-corrected chi connectivity index (χ0v) is 34.7. The first-order valence-corrected chi connectivity index (χ1v) is 9.66. The number of carboxylic acid groups (broad SMARTS) is 8. The van der Waals surface area contributed by atoms with Crippen LogP contribution in [0.1, 0.15) is 27.7 Å². The van der Waals surface area contributed by atoms with Crippen molar-refractivity contribution in [2.75, 3.05) is 39.3 Å². The molecule has 0 amide bonds. The third-order valence-corrected chi connectivity index (χ3v) is 2.14. The summed E-state index contributed by atoms with van der Waals surface area (Å²) in [6.07, 6.45) is 0. The number of carbonyl (C=O) groups excluding carboxylic acids is 4. The van der Waals surface area contributed by atoms with Crippen molar-refractivity contribution in [3.8, 4) is 0 Å². The molecule has 0 saturated carbocycles. The predicted octanol–water partition coefficient (Wildman–Crippen LogP) is -17.9. The van der Waals surface area contributed by atoms with Gasteiger partial charge in [0, 0.05) is 67.0 Å². The molecule has 0 rings (SSSR count). The van der Waals surface area contributed by atoms with Crippen molar-refractivity contribution >= 4 is 47.8 Å². The van der Waals surface area contributed by atoms with Gasteiger partial charge in [-0.3, -0.25) is 29.0 Å². The van der Waals surface area contributed by atoms with Crippen molar-refractivity contribution in [2.45, 2.75) is 27.7 Å². The Labute approximate surface area is 343 Å². The van der Waals surface area contributed by atoms with Crippen LogP contribution in [0.15, 0.2) is 13.2 Å². The molecule has 0 spiro atoms. The second-order valence-corrected chi connectivity index (χ2v) is 5.99. The van der Waals surface area contributed by atoms with Crippen molar-refractivity contribution in [3.63, 3.8) is 0 Å². The molecule has 0 unspecified atom stereocenters. The van der Waals surface area contributed by atoms with Gasteiger partial charge in [0.1, 0.15) is 0 Å². The van der Waals surface area contributed by atoms with Crippen LogP contribution in [-0.4, -0.2) is 117 Å². The molecular formula is C20H38N4Na4O16. The fourth-order valence-electron chi connectivity index (χ4n) is 1.44. The zero-order chi connectivity index (χ0) is 32.0. The summed E-state index contributed by atoms with van der Waals surface area (Å²) in [5, 5.41) is 71.3. The number of carbonyl (C=O) groups is 8. The van der Waals surface area contributed by atoms with E-state index < -0.39 is 73.9 Å². The Bertz CT molecular complexity index is 633. The third kappa shape index (κ3) is 163. The fraction of sp³-hybridized carbons (Fsp3) is 0.500. The zero-order valence-electron chi connectivity index (χ0n) is 26.7. The van der Waals surface area contributed by atoms with Gasteiger partial charge in [0.15, 0.2) is 0 Å². The van der Waals surface area contributed by atoms with Crippen molar-refractivity contribution in [2.24, 2.45) is 0 Å². The molecule has 44 heavy (non-hydrogen) atoms. The van der Waals surface area contributed by atoms with E-state index in [-0.39, 0.29) is 144 Å².